The third-order valence-corrected chi connectivity index (χ3v) is 2.09. The highest BCUT2D eigenvalue weighted by Crippen LogP contribution is 2.01. The van der Waals surface area contributed by atoms with Crippen LogP contribution < -0.4 is 5.73 Å². The van der Waals surface area contributed by atoms with Gasteiger partial charge in [-0.25, -0.2) is 0 Å². The molecule has 0 aliphatic carbocycles. The maximum Gasteiger partial charge on any atom is 0.321 e. The predicted molar refractivity (Wildman–Crippen MR) is 47.8 cm³/mol. The maximum atomic E-state index is 10.2. The molecule has 0 aliphatic heterocycles. The van der Waals surface area contributed by atoms with Crippen LogP contribution in [0.25, 0.3) is 0 Å². The summed E-state index contributed by atoms with van der Waals surface area (Å²) < 4.78 is 0. The van der Waals surface area contributed by atoms with E-state index >= 15 is 0 Å². The van der Waals surface area contributed by atoms with Crippen molar-refractivity contribution >= 4 is 17.7 Å². The zero-order valence-corrected chi connectivity index (χ0v) is 7.30. The summed E-state index contributed by atoms with van der Waals surface area (Å²) >= 11 is 1.52. The molecule has 0 radical (unpaired) electrons. The van der Waals surface area contributed by atoms with E-state index in [2.05, 4.69) is 0 Å². The number of thioether (sulfide) groups is 1. The molecule has 0 saturated carbocycles. The Hall–Kier alpha value is -0.480. The van der Waals surface area contributed by atoms with Gasteiger partial charge in [-0.2, -0.15) is 11.8 Å². The van der Waals surface area contributed by atoms with Crippen molar-refractivity contribution in [3.8, 4) is 0 Å². The summed E-state index contributed by atoms with van der Waals surface area (Å²) in [6.07, 6.45) is 3.90. The molecule has 3 N–H and O–H groups in total. The molecule has 0 saturated heterocycles. The minimum atomic E-state index is -0.932. The van der Waals surface area contributed by atoms with Crippen molar-refractivity contribution in [2.24, 2.45) is 5.73 Å². The molecule has 0 aromatic rings. The van der Waals surface area contributed by atoms with Gasteiger partial charge in [0.2, 0.25) is 0 Å². The fraction of sp³-hybridized carbons (Fsp3) is 0.571. The summed E-state index contributed by atoms with van der Waals surface area (Å²) in [5.74, 6) is 0.370. The van der Waals surface area contributed by atoms with Crippen LogP contribution in [0, 0.1) is 0 Å². The highest BCUT2D eigenvalue weighted by atomic mass is 32.2. The quantitative estimate of drug-likeness (QED) is 0.477. The molecular weight excluding hydrogens is 162 g/mol. The van der Waals surface area contributed by atoms with Crippen LogP contribution >= 0.6 is 11.8 Å². The molecule has 0 fully saturated rings. The SMILES string of the molecule is CC=CCSC[C@H](N)C(=O)O. The second-order valence-electron chi connectivity index (χ2n) is 2.05. The first-order chi connectivity index (χ1) is 5.18. The number of rotatable bonds is 5. The van der Waals surface area contributed by atoms with Gasteiger partial charge < -0.3 is 10.8 Å². The third-order valence-electron chi connectivity index (χ3n) is 1.06. The van der Waals surface area contributed by atoms with Crippen molar-refractivity contribution in [1.82, 2.24) is 0 Å². The van der Waals surface area contributed by atoms with Crippen LogP contribution in [-0.2, 0) is 4.79 Å². The summed E-state index contributed by atoms with van der Waals surface area (Å²) in [4.78, 5) is 10.2. The summed E-state index contributed by atoms with van der Waals surface area (Å²) in [5.41, 5.74) is 5.25. The fourth-order valence-electron chi connectivity index (χ4n) is 0.431. The van der Waals surface area contributed by atoms with Crippen LogP contribution in [0.1, 0.15) is 6.92 Å². The highest BCUT2D eigenvalue weighted by Gasteiger charge is 2.09. The first-order valence-electron chi connectivity index (χ1n) is 3.35. The summed E-state index contributed by atoms with van der Waals surface area (Å²) in [7, 11) is 0. The summed E-state index contributed by atoms with van der Waals surface area (Å²) in [6, 6.07) is -0.731. The number of aliphatic carboxylic acids is 1. The normalized spacial score (nSPS) is 13.6. The van der Waals surface area contributed by atoms with Gasteiger partial charge in [0, 0.05) is 11.5 Å². The van der Waals surface area contributed by atoms with Gasteiger partial charge in [-0.15, -0.1) is 0 Å². The lowest BCUT2D eigenvalue weighted by Gasteiger charge is -2.02. The summed E-state index contributed by atoms with van der Waals surface area (Å²) in [6.45, 7) is 1.93. The predicted octanol–water partition coefficient (Wildman–Crippen LogP) is 0.708. The van der Waals surface area contributed by atoms with Crippen LogP contribution in [0.4, 0.5) is 0 Å². The highest BCUT2D eigenvalue weighted by molar-refractivity contribution is 7.99. The largest absolute Gasteiger partial charge is 0.480 e. The molecule has 0 rings (SSSR count). The number of hydrogen-bond donors (Lipinski definition) is 2. The Morgan fingerprint density at radius 2 is 2.45 bits per heavy atom. The van der Waals surface area contributed by atoms with E-state index in [0.717, 1.165) is 5.75 Å². The van der Waals surface area contributed by atoms with E-state index in [-0.39, 0.29) is 0 Å². The number of nitrogens with two attached hydrogens (primary N) is 1. The van der Waals surface area contributed by atoms with Gasteiger partial charge in [0.1, 0.15) is 6.04 Å². The zero-order valence-electron chi connectivity index (χ0n) is 6.49. The van der Waals surface area contributed by atoms with Crippen LogP contribution in [0.3, 0.4) is 0 Å². The van der Waals surface area contributed by atoms with Gasteiger partial charge in [0.15, 0.2) is 0 Å². The molecule has 4 heteroatoms. The monoisotopic (exact) mass is 175 g/mol. The Morgan fingerprint density at radius 3 is 2.91 bits per heavy atom. The Balaban J connectivity index is 3.31. The lowest BCUT2D eigenvalue weighted by Crippen LogP contribution is -2.32. The van der Waals surface area contributed by atoms with Crippen LogP contribution in [0.15, 0.2) is 12.2 Å². The number of allylic oxidation sites excluding steroid dienone is 1. The average Bonchev–Trinajstić information content (AvgIpc) is 1.97. The van der Waals surface area contributed by atoms with Crippen molar-refractivity contribution in [2.45, 2.75) is 13.0 Å². The van der Waals surface area contributed by atoms with Crippen molar-refractivity contribution < 1.29 is 9.90 Å². The molecule has 0 aromatic heterocycles. The Morgan fingerprint density at radius 1 is 1.82 bits per heavy atom. The molecule has 0 bridgehead atoms. The lowest BCUT2D eigenvalue weighted by atomic mass is 10.4. The molecule has 0 aliphatic rings. The molecule has 0 amide bonds. The molecule has 0 heterocycles. The van der Waals surface area contributed by atoms with E-state index in [9.17, 15) is 4.79 Å². The van der Waals surface area contributed by atoms with Crippen molar-refractivity contribution in [1.29, 1.82) is 0 Å². The molecule has 64 valence electrons. The number of carboxylic acids is 1. The van der Waals surface area contributed by atoms with Gasteiger partial charge >= 0.3 is 5.97 Å². The van der Waals surface area contributed by atoms with E-state index in [1.54, 1.807) is 0 Å². The standard InChI is InChI=1S/C7H13NO2S/c1-2-3-4-11-5-6(8)7(9)10/h2-3,6H,4-5,8H2,1H3,(H,9,10)/t6-/m0/s1. The number of carbonyl (C=O) groups is 1. The van der Waals surface area contributed by atoms with Crippen LogP contribution in [-0.4, -0.2) is 28.6 Å². The first-order valence-corrected chi connectivity index (χ1v) is 4.51. The molecule has 0 unspecified atom stereocenters. The van der Waals surface area contributed by atoms with Gasteiger partial charge in [0.25, 0.3) is 0 Å². The molecule has 11 heavy (non-hydrogen) atoms. The Bertz CT molecular complexity index is 147. The van der Waals surface area contributed by atoms with Crippen LogP contribution in [0.2, 0.25) is 0 Å². The zero-order chi connectivity index (χ0) is 8.69. The molecule has 3 nitrogen and oxygen atoms in total. The first kappa shape index (κ1) is 10.5. The van der Waals surface area contributed by atoms with Gasteiger partial charge in [-0.3, -0.25) is 4.79 Å². The molecule has 0 aromatic carbocycles. The topological polar surface area (TPSA) is 63.3 Å². The Labute approximate surface area is 70.7 Å². The third kappa shape index (κ3) is 5.94. The molecule has 0 spiro atoms. The average molecular weight is 175 g/mol. The second-order valence-corrected chi connectivity index (χ2v) is 3.13. The van der Waals surface area contributed by atoms with E-state index < -0.39 is 12.0 Å². The van der Waals surface area contributed by atoms with Gasteiger partial charge in [-0.1, -0.05) is 12.2 Å². The van der Waals surface area contributed by atoms with E-state index in [1.165, 1.54) is 11.8 Å². The van der Waals surface area contributed by atoms with Gasteiger partial charge in [-0.05, 0) is 6.92 Å². The smallest absolute Gasteiger partial charge is 0.321 e. The number of carboxylic acid groups (broad SMARTS) is 1. The van der Waals surface area contributed by atoms with Crippen molar-refractivity contribution in [3.05, 3.63) is 12.2 Å². The minimum Gasteiger partial charge on any atom is -0.480 e. The molecule has 1 atom stereocenters. The molecular formula is C7H13NO2S. The lowest BCUT2D eigenvalue weighted by molar-refractivity contribution is -0.137. The maximum absolute atomic E-state index is 10.2. The second kappa shape index (κ2) is 6.24. The van der Waals surface area contributed by atoms with E-state index in [0.29, 0.717) is 5.75 Å². The van der Waals surface area contributed by atoms with Crippen molar-refractivity contribution in [2.75, 3.05) is 11.5 Å². The van der Waals surface area contributed by atoms with E-state index in [4.69, 9.17) is 10.8 Å². The minimum absolute atomic E-state index is 0.472. The van der Waals surface area contributed by atoms with E-state index in [1.807, 2.05) is 19.1 Å². The summed E-state index contributed by atoms with van der Waals surface area (Å²) in [5, 5.41) is 8.38. The van der Waals surface area contributed by atoms with Crippen LogP contribution in [0.5, 0.6) is 0 Å². The Kier molecular flexibility index (Phi) is 5.97. The van der Waals surface area contributed by atoms with Crippen molar-refractivity contribution in [3.63, 3.8) is 0 Å². The fourth-order valence-corrected chi connectivity index (χ4v) is 1.29. The number of hydrogen-bond acceptors (Lipinski definition) is 3. The van der Waals surface area contributed by atoms with Gasteiger partial charge in [0.05, 0.1) is 0 Å².